The minimum atomic E-state index is -4.31. The average molecular weight is 719 g/mol. The Bertz CT molecular complexity index is 1890. The Hall–Kier alpha value is -3.71. The Morgan fingerprint density at radius 1 is 0.959 bits per heavy atom. The number of aliphatic hydroxyl groups is 4. The lowest BCUT2D eigenvalue weighted by Crippen LogP contribution is -2.59. The second kappa shape index (κ2) is 14.3. The van der Waals surface area contributed by atoms with Gasteiger partial charge in [0.2, 0.25) is 0 Å². The Morgan fingerprint density at radius 2 is 1.57 bits per heavy atom. The summed E-state index contributed by atoms with van der Waals surface area (Å²) in [6, 6.07) is 15.8. The van der Waals surface area contributed by atoms with Crippen LogP contribution in [0.5, 0.6) is 6.01 Å². The number of nitrogens with one attached hydrogen (secondary N) is 1. The fraction of sp³-hybridized carbons (Fsp3) is 0.406. The van der Waals surface area contributed by atoms with E-state index in [9.17, 15) is 33.6 Å². The smallest absolute Gasteiger partial charge is 0.296 e. The molecular formula is C32H35ClN4O11S. The number of amides is 1. The highest BCUT2D eigenvalue weighted by atomic mass is 35.5. The van der Waals surface area contributed by atoms with Crippen molar-refractivity contribution in [1.82, 2.24) is 19.9 Å². The number of hydrogen-bond acceptors (Lipinski definition) is 12. The number of aromatic amines is 1. The Labute approximate surface area is 285 Å². The molecule has 0 spiro atoms. The molecule has 4 aromatic rings. The van der Waals surface area contributed by atoms with E-state index in [2.05, 4.69) is 15.0 Å². The summed E-state index contributed by atoms with van der Waals surface area (Å²) in [7, 11) is -4.31. The molecular weight excluding hydrogens is 684 g/mol. The second-order valence-corrected chi connectivity index (χ2v) is 14.0. The van der Waals surface area contributed by atoms with Crippen LogP contribution in [-0.4, -0.2) is 134 Å². The number of aliphatic hydroxyl groups excluding tert-OH is 4. The van der Waals surface area contributed by atoms with Gasteiger partial charge in [0.1, 0.15) is 23.9 Å². The fourth-order valence-corrected chi connectivity index (χ4v) is 6.74. The Balaban J connectivity index is 1.17. The number of nitrogens with zero attached hydrogens (tertiary/aromatic N) is 3. The number of carbonyl (C=O) groups is 1. The summed E-state index contributed by atoms with van der Waals surface area (Å²) in [5, 5.41) is 40.2. The summed E-state index contributed by atoms with van der Waals surface area (Å²) in [6.45, 7) is -2.15. The van der Waals surface area contributed by atoms with Gasteiger partial charge in [-0.25, -0.2) is 4.98 Å². The summed E-state index contributed by atoms with van der Waals surface area (Å²) in [6.07, 6.45) is -2.15. The van der Waals surface area contributed by atoms with Crippen LogP contribution in [-0.2, 0) is 19.6 Å². The van der Waals surface area contributed by atoms with E-state index in [-0.39, 0.29) is 37.8 Å². The van der Waals surface area contributed by atoms with Gasteiger partial charge >= 0.3 is 0 Å². The maximum Gasteiger partial charge on any atom is 0.296 e. The molecule has 2 aliphatic rings. The van der Waals surface area contributed by atoms with Crippen molar-refractivity contribution in [3.05, 3.63) is 65.2 Å². The van der Waals surface area contributed by atoms with Crippen molar-refractivity contribution in [3.8, 4) is 28.4 Å². The first-order chi connectivity index (χ1) is 23.4. The van der Waals surface area contributed by atoms with Gasteiger partial charge in [0.05, 0.1) is 55.0 Å². The second-order valence-electron chi connectivity index (χ2n) is 12.0. The molecule has 2 aromatic heterocycles. The van der Waals surface area contributed by atoms with E-state index in [4.69, 9.17) is 30.4 Å². The van der Waals surface area contributed by atoms with Crippen LogP contribution in [0.3, 0.4) is 0 Å². The quantitative estimate of drug-likeness (QED) is 0.107. The first-order valence-electron chi connectivity index (χ1n) is 15.4. The number of benzene rings is 2. The van der Waals surface area contributed by atoms with E-state index in [0.29, 0.717) is 21.9 Å². The van der Waals surface area contributed by atoms with E-state index in [1.54, 1.807) is 30.3 Å². The molecule has 49 heavy (non-hydrogen) atoms. The van der Waals surface area contributed by atoms with E-state index in [0.717, 1.165) is 21.6 Å². The largest absolute Gasteiger partial charge is 0.456 e. The van der Waals surface area contributed by atoms with Gasteiger partial charge in [0, 0.05) is 17.7 Å². The maximum atomic E-state index is 13.5. The number of imidazole rings is 1. The number of aromatic nitrogens is 3. The number of pyridine rings is 1. The normalized spacial score (nSPS) is 20.9. The highest BCUT2D eigenvalue weighted by Crippen LogP contribution is 2.33. The van der Waals surface area contributed by atoms with E-state index in [1.807, 2.05) is 24.3 Å². The van der Waals surface area contributed by atoms with Gasteiger partial charge in [-0.15, -0.1) is 0 Å². The standard InChI is InChI=1S/C32H35ClN4O11S/c33-22-12-23-29(36-31(34-23)48-25-14-47-27-24(41)13-46-28(25)27)35-26(22)20-6-2-18(3-7-20)19-4-8-21(9-5-19)30(42)37(10-1-11-49(43,44)45)32(15-38,16-39)17-40/h2-9,12,24-25,27-28,38-41H,1,10-11,13-17H2,(H,34,35,36)(H,43,44,45)/t24-,25-,27-,28-/m1/s1. The van der Waals surface area contributed by atoms with E-state index in [1.165, 1.54) is 0 Å². The van der Waals surface area contributed by atoms with E-state index < -0.39 is 71.6 Å². The minimum Gasteiger partial charge on any atom is -0.456 e. The molecule has 2 saturated heterocycles. The summed E-state index contributed by atoms with van der Waals surface area (Å²) >= 11 is 6.61. The molecule has 262 valence electrons. The van der Waals surface area contributed by atoms with Gasteiger partial charge in [-0.3, -0.25) is 9.35 Å². The first-order valence-corrected chi connectivity index (χ1v) is 17.4. The molecule has 6 N–H and O–H groups in total. The summed E-state index contributed by atoms with van der Waals surface area (Å²) in [5.41, 5.74) is 2.18. The molecule has 0 unspecified atom stereocenters. The molecule has 4 atom stereocenters. The lowest BCUT2D eigenvalue weighted by molar-refractivity contribution is -0.0351. The molecule has 2 aliphatic heterocycles. The van der Waals surface area contributed by atoms with Crippen molar-refractivity contribution in [3.63, 3.8) is 0 Å². The van der Waals surface area contributed by atoms with E-state index >= 15 is 0 Å². The number of rotatable bonds is 13. The van der Waals surface area contributed by atoms with Gasteiger partial charge in [0.15, 0.2) is 11.8 Å². The summed E-state index contributed by atoms with van der Waals surface area (Å²) < 4.78 is 48.7. The first kappa shape index (κ1) is 35.1. The van der Waals surface area contributed by atoms with Crippen LogP contribution in [0.15, 0.2) is 54.6 Å². The molecule has 2 aromatic carbocycles. The monoisotopic (exact) mass is 718 g/mol. The van der Waals surface area contributed by atoms with Crippen molar-refractivity contribution in [2.75, 3.05) is 45.3 Å². The third-order valence-corrected chi connectivity index (χ3v) is 9.85. The average Bonchev–Trinajstić information content (AvgIpc) is 3.80. The molecule has 6 rings (SSSR count). The van der Waals surface area contributed by atoms with Crippen LogP contribution < -0.4 is 4.74 Å². The zero-order valence-electron chi connectivity index (χ0n) is 26.0. The van der Waals surface area contributed by atoms with Gasteiger partial charge in [-0.1, -0.05) is 48.0 Å². The Kier molecular flexibility index (Phi) is 10.2. The lowest BCUT2D eigenvalue weighted by Gasteiger charge is -2.40. The summed E-state index contributed by atoms with van der Waals surface area (Å²) in [5.74, 6) is -1.29. The van der Waals surface area contributed by atoms with Gasteiger partial charge in [0.25, 0.3) is 22.0 Å². The third-order valence-electron chi connectivity index (χ3n) is 8.76. The molecule has 2 fully saturated rings. The highest BCUT2D eigenvalue weighted by Gasteiger charge is 2.48. The number of H-pyrrole nitrogens is 1. The Morgan fingerprint density at radius 3 is 2.20 bits per heavy atom. The SMILES string of the molecule is O=C(c1ccc(-c2ccc(-c3nc4nc(O[C@@H]5CO[C@H]6[C@@H]5OC[C@H]6O)[nH]c4cc3Cl)cc2)cc1)N(CCCS(=O)(=O)O)C(CO)(CO)CO. The van der Waals surface area contributed by atoms with Crippen LogP contribution in [0.1, 0.15) is 16.8 Å². The van der Waals surface area contributed by atoms with Crippen molar-refractivity contribution < 1.29 is 52.4 Å². The zero-order valence-corrected chi connectivity index (χ0v) is 27.5. The van der Waals surface area contributed by atoms with Crippen molar-refractivity contribution in [2.24, 2.45) is 0 Å². The molecule has 0 radical (unpaired) electrons. The van der Waals surface area contributed by atoms with Crippen LogP contribution in [0, 0.1) is 0 Å². The number of carbonyl (C=O) groups excluding carboxylic acids is 1. The molecule has 0 saturated carbocycles. The number of hydrogen-bond donors (Lipinski definition) is 6. The van der Waals surface area contributed by atoms with Crippen molar-refractivity contribution in [2.45, 2.75) is 36.4 Å². The summed E-state index contributed by atoms with van der Waals surface area (Å²) in [4.78, 5) is 26.7. The minimum absolute atomic E-state index is 0.173. The van der Waals surface area contributed by atoms with Crippen molar-refractivity contribution in [1.29, 1.82) is 0 Å². The zero-order chi connectivity index (χ0) is 34.9. The molecule has 15 nitrogen and oxygen atoms in total. The predicted octanol–water partition coefficient (Wildman–Crippen LogP) is 1.29. The molecule has 4 heterocycles. The van der Waals surface area contributed by atoms with Gasteiger partial charge in [-0.2, -0.15) is 13.4 Å². The topological polar surface area (TPSA) is 225 Å². The highest BCUT2D eigenvalue weighted by molar-refractivity contribution is 7.85. The number of ether oxygens (including phenoxy) is 3. The molecule has 0 aliphatic carbocycles. The molecule has 0 bridgehead atoms. The lowest BCUT2D eigenvalue weighted by atomic mass is 9.97. The maximum absolute atomic E-state index is 13.5. The molecule has 1 amide bonds. The third kappa shape index (κ3) is 7.28. The van der Waals surface area contributed by atoms with Crippen molar-refractivity contribution >= 4 is 38.8 Å². The predicted molar refractivity (Wildman–Crippen MR) is 176 cm³/mol. The van der Waals surface area contributed by atoms with Crippen LogP contribution >= 0.6 is 11.6 Å². The number of fused-ring (bicyclic) bond motifs is 2. The van der Waals surface area contributed by atoms with Gasteiger partial charge in [-0.05, 0) is 35.7 Å². The van der Waals surface area contributed by atoms with Gasteiger partial charge < -0.3 is 44.5 Å². The van der Waals surface area contributed by atoms with Crippen LogP contribution in [0.25, 0.3) is 33.5 Å². The van der Waals surface area contributed by atoms with Crippen LogP contribution in [0.4, 0.5) is 0 Å². The van der Waals surface area contributed by atoms with Crippen LogP contribution in [0.2, 0.25) is 5.02 Å². The molecule has 17 heteroatoms. The fourth-order valence-electron chi connectivity index (χ4n) is 5.99. The number of halogens is 1.